The summed E-state index contributed by atoms with van der Waals surface area (Å²) in [5.74, 6) is -0.0539. The van der Waals surface area contributed by atoms with Gasteiger partial charge in [-0.15, -0.1) is 0 Å². The summed E-state index contributed by atoms with van der Waals surface area (Å²) in [6.45, 7) is 5.89. The minimum Gasteiger partial charge on any atom is -0.506 e. The minimum atomic E-state index is -0.790. The van der Waals surface area contributed by atoms with Crippen molar-refractivity contribution in [1.29, 1.82) is 0 Å². The second kappa shape index (κ2) is 6.32. The Balaban J connectivity index is 2.35. The number of rotatable bonds is 5. The lowest BCUT2D eigenvalue weighted by Gasteiger charge is -2.29. The lowest BCUT2D eigenvalue weighted by Crippen LogP contribution is -2.39. The molecule has 4 N–H and O–H groups in total. The van der Waals surface area contributed by atoms with Crippen molar-refractivity contribution in [2.45, 2.75) is 45.4 Å². The average Bonchev–Trinajstić information content (AvgIpc) is 2.45. The van der Waals surface area contributed by atoms with Crippen LogP contribution in [0, 0.1) is 0 Å². The zero-order valence-corrected chi connectivity index (χ0v) is 12.5. The van der Waals surface area contributed by atoms with Crippen LogP contribution in [0.3, 0.4) is 0 Å². The van der Waals surface area contributed by atoms with E-state index in [0.29, 0.717) is 11.3 Å². The molecular weight excluding hydrogens is 272 g/mol. The molecule has 0 fully saturated rings. The molecule has 0 aromatic heterocycles. The number of aliphatic hydroxyl groups excluding tert-OH is 1. The lowest BCUT2D eigenvalue weighted by molar-refractivity contribution is -0.118. The topological polar surface area (TPSA) is 90.8 Å². The van der Waals surface area contributed by atoms with Gasteiger partial charge >= 0.3 is 0 Å². The number of carbonyl (C=O) groups is 1. The molecule has 2 atom stereocenters. The number of aromatic hydroxyl groups is 1. The number of benzene rings is 1. The highest BCUT2D eigenvalue weighted by Crippen LogP contribution is 2.42. The molecule has 21 heavy (non-hydrogen) atoms. The van der Waals surface area contributed by atoms with E-state index in [1.807, 2.05) is 20.8 Å². The molecule has 0 saturated carbocycles. The molecule has 2 rings (SSSR count). The van der Waals surface area contributed by atoms with E-state index < -0.39 is 6.10 Å². The number of amides is 1. The van der Waals surface area contributed by atoms with Crippen LogP contribution in [0.25, 0.3) is 0 Å². The Bertz CT molecular complexity index is 531. The van der Waals surface area contributed by atoms with E-state index in [-0.39, 0.29) is 36.0 Å². The van der Waals surface area contributed by atoms with Crippen LogP contribution in [0.4, 0.5) is 5.69 Å². The number of anilines is 1. The van der Waals surface area contributed by atoms with Crippen molar-refractivity contribution in [2.24, 2.45) is 0 Å². The third-order valence-electron chi connectivity index (χ3n) is 3.47. The van der Waals surface area contributed by atoms with Crippen LogP contribution >= 0.6 is 0 Å². The summed E-state index contributed by atoms with van der Waals surface area (Å²) < 4.78 is 5.41. The number of carbonyl (C=O) groups excluding carboxylic acids is 1. The summed E-state index contributed by atoms with van der Waals surface area (Å²) in [5.41, 5.74) is 0.782. The molecule has 0 aliphatic carbocycles. The van der Waals surface area contributed by atoms with Crippen molar-refractivity contribution in [2.75, 3.05) is 11.9 Å². The minimum absolute atomic E-state index is 0.0705. The van der Waals surface area contributed by atoms with E-state index in [0.717, 1.165) is 6.42 Å². The predicted molar refractivity (Wildman–Crippen MR) is 79.5 cm³/mol. The van der Waals surface area contributed by atoms with Crippen molar-refractivity contribution in [3.63, 3.8) is 0 Å². The number of fused-ring (bicyclic) bond motifs is 1. The van der Waals surface area contributed by atoms with Gasteiger partial charge in [-0.1, -0.05) is 20.8 Å². The van der Waals surface area contributed by atoms with Gasteiger partial charge in [-0.3, -0.25) is 4.79 Å². The number of hydrogen-bond donors (Lipinski definition) is 4. The molecule has 1 aliphatic rings. The molecule has 1 heterocycles. The SMILES string of the molecule is CCC(NC(C)C)C(O)c1ccc(O)c2c1OCC(=O)N2. The fraction of sp³-hybridized carbons (Fsp3) is 0.533. The van der Waals surface area contributed by atoms with Gasteiger partial charge in [0, 0.05) is 17.6 Å². The first-order chi connectivity index (χ1) is 9.93. The maximum absolute atomic E-state index is 11.4. The quantitative estimate of drug-likeness (QED) is 0.618. The fourth-order valence-electron chi connectivity index (χ4n) is 2.49. The maximum Gasteiger partial charge on any atom is 0.262 e. The Morgan fingerprint density at radius 2 is 2.14 bits per heavy atom. The number of hydrogen-bond acceptors (Lipinski definition) is 5. The Labute approximate surface area is 124 Å². The van der Waals surface area contributed by atoms with E-state index in [1.165, 1.54) is 6.07 Å². The third-order valence-corrected chi connectivity index (χ3v) is 3.47. The fourth-order valence-corrected chi connectivity index (χ4v) is 2.49. The standard InChI is InChI=1S/C15H22N2O4/c1-4-10(16-8(2)3)14(20)9-5-6-11(18)13-15(9)21-7-12(19)17-13/h5-6,8,10,14,16,18,20H,4,7H2,1-3H3,(H,17,19). The summed E-state index contributed by atoms with van der Waals surface area (Å²) in [5, 5.41) is 26.3. The van der Waals surface area contributed by atoms with Crippen molar-refractivity contribution >= 4 is 11.6 Å². The van der Waals surface area contributed by atoms with Crippen molar-refractivity contribution in [1.82, 2.24) is 5.32 Å². The van der Waals surface area contributed by atoms with Crippen molar-refractivity contribution in [3.8, 4) is 11.5 Å². The molecule has 0 saturated heterocycles. The second-order valence-electron chi connectivity index (χ2n) is 5.50. The number of ether oxygens (including phenoxy) is 1. The highest BCUT2D eigenvalue weighted by atomic mass is 16.5. The second-order valence-corrected chi connectivity index (χ2v) is 5.50. The summed E-state index contributed by atoms with van der Waals surface area (Å²) >= 11 is 0. The van der Waals surface area contributed by atoms with Crippen LogP contribution in [-0.4, -0.2) is 34.8 Å². The van der Waals surface area contributed by atoms with Crippen LogP contribution in [0.2, 0.25) is 0 Å². The van der Waals surface area contributed by atoms with Gasteiger partial charge in [-0.25, -0.2) is 0 Å². The van der Waals surface area contributed by atoms with Gasteiger partial charge in [0.2, 0.25) is 0 Å². The highest BCUT2D eigenvalue weighted by Gasteiger charge is 2.29. The predicted octanol–water partition coefficient (Wildman–Crippen LogP) is 1.53. The van der Waals surface area contributed by atoms with E-state index in [2.05, 4.69) is 10.6 Å². The van der Waals surface area contributed by atoms with Crippen molar-refractivity contribution in [3.05, 3.63) is 17.7 Å². The molecule has 1 amide bonds. The van der Waals surface area contributed by atoms with Gasteiger partial charge < -0.3 is 25.6 Å². The molecule has 0 bridgehead atoms. The average molecular weight is 294 g/mol. The first-order valence-corrected chi connectivity index (χ1v) is 7.16. The zero-order chi connectivity index (χ0) is 15.6. The molecule has 0 radical (unpaired) electrons. The van der Waals surface area contributed by atoms with Gasteiger partial charge in [-0.2, -0.15) is 0 Å². The summed E-state index contributed by atoms with van der Waals surface area (Å²) in [6.07, 6.45) is -0.0526. The Kier molecular flexibility index (Phi) is 4.69. The molecule has 1 aliphatic heterocycles. The van der Waals surface area contributed by atoms with Gasteiger partial charge in [0.25, 0.3) is 5.91 Å². The maximum atomic E-state index is 11.4. The summed E-state index contributed by atoms with van der Waals surface area (Å²) in [7, 11) is 0. The first kappa shape index (κ1) is 15.6. The number of phenols is 1. The molecule has 6 heteroatoms. The Morgan fingerprint density at radius 1 is 1.43 bits per heavy atom. The van der Waals surface area contributed by atoms with E-state index in [1.54, 1.807) is 6.07 Å². The smallest absolute Gasteiger partial charge is 0.262 e. The molecule has 6 nitrogen and oxygen atoms in total. The van der Waals surface area contributed by atoms with Gasteiger partial charge in [0.05, 0.1) is 6.10 Å². The van der Waals surface area contributed by atoms with Crippen LogP contribution in [0.1, 0.15) is 38.9 Å². The molecule has 116 valence electrons. The number of phenolic OH excluding ortho intramolecular Hbond substituents is 1. The van der Waals surface area contributed by atoms with Crippen LogP contribution in [0.15, 0.2) is 12.1 Å². The monoisotopic (exact) mass is 294 g/mol. The van der Waals surface area contributed by atoms with E-state index in [9.17, 15) is 15.0 Å². The van der Waals surface area contributed by atoms with E-state index in [4.69, 9.17) is 4.74 Å². The molecule has 0 spiro atoms. The Morgan fingerprint density at radius 3 is 2.76 bits per heavy atom. The van der Waals surface area contributed by atoms with Crippen LogP contribution in [-0.2, 0) is 4.79 Å². The molecule has 2 unspecified atom stereocenters. The number of nitrogens with one attached hydrogen (secondary N) is 2. The molecular formula is C15H22N2O4. The van der Waals surface area contributed by atoms with Crippen molar-refractivity contribution < 1.29 is 19.7 Å². The van der Waals surface area contributed by atoms with Gasteiger partial charge in [0.15, 0.2) is 12.4 Å². The van der Waals surface area contributed by atoms with Crippen LogP contribution < -0.4 is 15.4 Å². The molecule has 1 aromatic carbocycles. The summed E-state index contributed by atoms with van der Waals surface area (Å²) in [4.78, 5) is 11.4. The summed E-state index contributed by atoms with van der Waals surface area (Å²) in [6, 6.07) is 3.17. The normalized spacial score (nSPS) is 16.9. The van der Waals surface area contributed by atoms with Gasteiger partial charge in [0.1, 0.15) is 11.4 Å². The largest absolute Gasteiger partial charge is 0.506 e. The zero-order valence-electron chi connectivity index (χ0n) is 12.5. The van der Waals surface area contributed by atoms with Gasteiger partial charge in [-0.05, 0) is 18.6 Å². The van der Waals surface area contributed by atoms with E-state index >= 15 is 0 Å². The third kappa shape index (κ3) is 3.28. The Hall–Kier alpha value is -1.79. The lowest BCUT2D eigenvalue weighted by atomic mass is 9.97. The number of aliphatic hydroxyl groups is 1. The molecule has 1 aromatic rings. The highest BCUT2D eigenvalue weighted by molar-refractivity contribution is 5.97. The first-order valence-electron chi connectivity index (χ1n) is 7.16. The van der Waals surface area contributed by atoms with Crippen LogP contribution in [0.5, 0.6) is 11.5 Å².